The number of pyridine rings is 4. The molecule has 0 aliphatic heterocycles. The fourth-order valence-corrected chi connectivity index (χ4v) is 5.87. The number of rotatable bonds is 4. The molecule has 4 aromatic carbocycles. The molecule has 9 aromatic rings. The van der Waals surface area contributed by atoms with Crippen LogP contribution < -0.4 is 0 Å². The van der Waals surface area contributed by atoms with Gasteiger partial charge in [0.1, 0.15) is 0 Å². The Labute approximate surface area is 323 Å². The molecule has 0 aliphatic carbocycles. The summed E-state index contributed by atoms with van der Waals surface area (Å²) < 4.78 is 74.5. The van der Waals surface area contributed by atoms with Crippen LogP contribution in [0.25, 0.3) is 77.6 Å². The minimum absolute atomic E-state index is 0. The van der Waals surface area contributed by atoms with Crippen molar-refractivity contribution in [2.24, 2.45) is 0 Å². The van der Waals surface area contributed by atoms with Crippen molar-refractivity contribution in [2.75, 3.05) is 0 Å². The molecule has 1 radical (unpaired) electrons. The van der Waals surface area contributed by atoms with Crippen LogP contribution in [-0.4, -0.2) is 19.9 Å². The predicted molar refractivity (Wildman–Crippen MR) is 202 cm³/mol. The summed E-state index contributed by atoms with van der Waals surface area (Å²) in [6.45, 7) is -6.78. The van der Waals surface area contributed by atoms with Crippen LogP contribution in [0.5, 0.6) is 0 Å². The SMILES string of the molecule is [2H]C([2H])([2H])c1ccc(-c2[c-]cc(C([2H])([2H])[2H])c(-c3ccccc3)c2)nc1.[2H]C([2H])([2H])c1ccc2c(n1)oc1c(-c3cc(-c4ccc5cnccc5c4)ccn3)[c-]ccc12.[Ir]. The van der Waals surface area contributed by atoms with Crippen molar-refractivity contribution in [3.05, 3.63) is 169 Å². The molecule has 5 nitrogen and oxygen atoms in total. The quantitative estimate of drug-likeness (QED) is 0.165. The second kappa shape index (κ2) is 14.6. The van der Waals surface area contributed by atoms with Crippen LogP contribution in [0.15, 0.2) is 144 Å². The monoisotopic (exact) mass is 846 g/mol. The number of nitrogens with zero attached hydrogens (tertiary/aromatic N) is 4. The molecule has 249 valence electrons. The zero-order valence-corrected chi connectivity index (χ0v) is 29.2. The van der Waals surface area contributed by atoms with Crippen molar-refractivity contribution < 1.29 is 36.9 Å². The zero-order chi connectivity index (χ0) is 41.5. The molecule has 0 saturated carbocycles. The smallest absolute Gasteiger partial charge is 0.216 e. The van der Waals surface area contributed by atoms with Gasteiger partial charge in [0, 0.05) is 73.7 Å². The van der Waals surface area contributed by atoms with E-state index in [0.717, 1.165) is 38.2 Å². The van der Waals surface area contributed by atoms with Gasteiger partial charge in [-0.05, 0) is 83.1 Å². The Morgan fingerprint density at radius 2 is 1.59 bits per heavy atom. The molecule has 9 rings (SSSR count). The summed E-state index contributed by atoms with van der Waals surface area (Å²) in [5, 5.41) is 3.80. The molecular weight excluding hydrogens is 805 g/mol. The summed E-state index contributed by atoms with van der Waals surface area (Å²) in [5.41, 5.74) is 7.25. The number of benzene rings is 4. The molecule has 0 aliphatic rings. The van der Waals surface area contributed by atoms with E-state index in [2.05, 4.69) is 50.3 Å². The van der Waals surface area contributed by atoms with E-state index in [1.807, 2.05) is 66.9 Å². The Morgan fingerprint density at radius 1 is 0.667 bits per heavy atom. The van der Waals surface area contributed by atoms with Crippen LogP contribution in [-0.2, 0) is 20.1 Å². The van der Waals surface area contributed by atoms with Crippen molar-refractivity contribution in [1.82, 2.24) is 19.9 Å². The molecule has 0 unspecified atom stereocenters. The van der Waals surface area contributed by atoms with Crippen LogP contribution in [0.2, 0.25) is 0 Å². The van der Waals surface area contributed by atoms with Crippen molar-refractivity contribution in [2.45, 2.75) is 20.6 Å². The topological polar surface area (TPSA) is 64.7 Å². The Hall–Kier alpha value is -5.81. The Balaban J connectivity index is 0.000000184. The molecule has 0 saturated heterocycles. The van der Waals surface area contributed by atoms with E-state index in [0.29, 0.717) is 39.4 Å². The first-order valence-corrected chi connectivity index (χ1v) is 15.8. The van der Waals surface area contributed by atoms with E-state index in [1.165, 1.54) is 24.4 Å². The fraction of sp³-hybridized carbons (Fsp3) is 0.0667. The maximum absolute atomic E-state index is 7.77. The first-order valence-electron chi connectivity index (χ1n) is 20.3. The molecule has 5 aromatic heterocycles. The fourth-order valence-electron chi connectivity index (χ4n) is 5.87. The normalized spacial score (nSPS) is 14.2. The van der Waals surface area contributed by atoms with E-state index in [4.69, 9.17) is 16.8 Å². The second-order valence-electron chi connectivity index (χ2n) is 11.6. The van der Waals surface area contributed by atoms with Gasteiger partial charge >= 0.3 is 0 Å². The van der Waals surface area contributed by atoms with Crippen LogP contribution in [0.4, 0.5) is 0 Å². The van der Waals surface area contributed by atoms with Gasteiger partial charge in [-0.25, -0.2) is 4.98 Å². The summed E-state index contributed by atoms with van der Waals surface area (Å²) in [7, 11) is 0. The first kappa shape index (κ1) is 24.4. The van der Waals surface area contributed by atoms with E-state index >= 15 is 0 Å². The van der Waals surface area contributed by atoms with Gasteiger partial charge in [-0.1, -0.05) is 84.0 Å². The minimum atomic E-state index is -2.30. The van der Waals surface area contributed by atoms with Gasteiger partial charge in [0.25, 0.3) is 0 Å². The molecule has 0 atom stereocenters. The predicted octanol–water partition coefficient (Wildman–Crippen LogP) is 11.2. The molecule has 0 spiro atoms. The third-order valence-corrected chi connectivity index (χ3v) is 8.36. The van der Waals surface area contributed by atoms with Gasteiger partial charge in [0.05, 0.1) is 5.58 Å². The second-order valence-corrected chi connectivity index (χ2v) is 11.6. The maximum atomic E-state index is 7.77. The largest absolute Gasteiger partial charge is 0.486 e. The van der Waals surface area contributed by atoms with Crippen LogP contribution in [0.1, 0.15) is 29.2 Å². The Bertz CT molecular complexity index is 2970. The Morgan fingerprint density at radius 3 is 2.43 bits per heavy atom. The van der Waals surface area contributed by atoms with Gasteiger partial charge in [-0.3, -0.25) is 4.98 Å². The zero-order valence-electron chi connectivity index (χ0n) is 35.8. The van der Waals surface area contributed by atoms with E-state index in [1.54, 1.807) is 30.6 Å². The molecule has 0 fully saturated rings. The van der Waals surface area contributed by atoms with Gasteiger partial charge < -0.3 is 14.4 Å². The number of furan rings is 1. The van der Waals surface area contributed by atoms with Crippen molar-refractivity contribution >= 4 is 32.8 Å². The van der Waals surface area contributed by atoms with E-state index in [9.17, 15) is 0 Å². The van der Waals surface area contributed by atoms with Gasteiger partial charge in [0.2, 0.25) is 5.71 Å². The molecule has 51 heavy (non-hydrogen) atoms. The van der Waals surface area contributed by atoms with Crippen LogP contribution in [0, 0.1) is 32.7 Å². The minimum Gasteiger partial charge on any atom is -0.486 e. The van der Waals surface area contributed by atoms with Crippen molar-refractivity contribution in [3.63, 3.8) is 0 Å². The standard InChI is InChI=1S/C26H16N3O.C19H16N.Ir/c1-16-5-8-22-21-3-2-4-23(25(21)30-26(22)29-16)24-14-19(10-12-28-24)17-6-7-20-15-27-11-9-18(20)13-17;1-14-8-11-19(20-13-14)17-10-9-15(2)18(12-17)16-6-4-3-5-7-16;/h2-3,5-15H,1H3;3-9,11-13H,1-2H3;/q2*-1;/i1D3;1D3,2D3;. The average Bonchev–Trinajstić information content (AvgIpc) is 3.61. The van der Waals surface area contributed by atoms with Gasteiger partial charge in [-0.15, -0.1) is 47.5 Å². The first-order chi connectivity index (χ1) is 28.1. The van der Waals surface area contributed by atoms with Crippen LogP contribution >= 0.6 is 0 Å². The number of aryl methyl sites for hydroxylation is 3. The Kier molecular flexibility index (Phi) is 6.96. The number of hydrogen-bond donors (Lipinski definition) is 0. The molecule has 0 amide bonds. The summed E-state index contributed by atoms with van der Waals surface area (Å²) in [5.74, 6) is 0. The number of aromatic nitrogens is 4. The summed E-state index contributed by atoms with van der Waals surface area (Å²) in [6, 6.07) is 40.9. The van der Waals surface area contributed by atoms with Crippen molar-refractivity contribution in [3.8, 4) is 44.8 Å². The maximum Gasteiger partial charge on any atom is 0.216 e. The molecule has 0 bridgehead atoms. The molecular formula is C45H32IrN4O-2. The summed E-state index contributed by atoms with van der Waals surface area (Å²) in [4.78, 5) is 17.2. The number of fused-ring (bicyclic) bond motifs is 4. The van der Waals surface area contributed by atoms with Gasteiger partial charge in [-0.2, -0.15) is 0 Å². The molecule has 0 N–H and O–H groups in total. The third-order valence-electron chi connectivity index (χ3n) is 8.36. The van der Waals surface area contributed by atoms with Crippen LogP contribution in [0.3, 0.4) is 0 Å². The van der Waals surface area contributed by atoms with Crippen molar-refractivity contribution in [1.29, 1.82) is 0 Å². The van der Waals surface area contributed by atoms with Gasteiger partial charge in [0.15, 0.2) is 0 Å². The number of hydrogen-bond acceptors (Lipinski definition) is 5. The third kappa shape index (κ3) is 6.98. The average molecular weight is 846 g/mol. The van der Waals surface area contributed by atoms with E-state index < -0.39 is 20.6 Å². The molecule has 6 heteroatoms. The molecule has 5 heterocycles. The summed E-state index contributed by atoms with van der Waals surface area (Å²) in [6.07, 6.45) is 6.71. The summed E-state index contributed by atoms with van der Waals surface area (Å²) >= 11 is 0. The van der Waals surface area contributed by atoms with E-state index in [-0.39, 0.29) is 36.9 Å².